The number of hydrogen-bond donors (Lipinski definition) is 1. The maximum absolute atomic E-state index is 11.0. The molecule has 0 bridgehead atoms. The second-order valence-electron chi connectivity index (χ2n) is 4.22. The molecule has 2 unspecified atom stereocenters. The van der Waals surface area contributed by atoms with E-state index in [0.29, 0.717) is 17.1 Å². The molecule has 100 valence electrons. The predicted molar refractivity (Wildman–Crippen MR) is 72.3 cm³/mol. The zero-order chi connectivity index (χ0) is 13.7. The summed E-state index contributed by atoms with van der Waals surface area (Å²) in [5.41, 5.74) is 0.589. The van der Waals surface area contributed by atoms with E-state index in [2.05, 4.69) is 10.3 Å². The minimum absolute atomic E-state index is 0.0544. The summed E-state index contributed by atoms with van der Waals surface area (Å²) in [5.74, 6) is 1.07. The lowest BCUT2D eigenvalue weighted by Crippen LogP contribution is -2.18. The maximum Gasteiger partial charge on any atom is 0.277 e. The smallest absolute Gasteiger partial charge is 0.277 e. The first-order valence-corrected chi connectivity index (χ1v) is 7.30. The molecule has 0 spiro atoms. The average Bonchev–Trinajstić information content (AvgIpc) is 2.28. The summed E-state index contributed by atoms with van der Waals surface area (Å²) in [5, 5.41) is 13.9. The van der Waals surface area contributed by atoms with Gasteiger partial charge in [-0.05, 0) is 20.3 Å². The lowest BCUT2D eigenvalue weighted by Gasteiger charge is -2.13. The Hall–Kier alpha value is -1.50. The Kier molecular flexibility index (Phi) is 5.21. The van der Waals surface area contributed by atoms with Crippen LogP contribution in [0, 0.1) is 17.0 Å². The minimum atomic E-state index is -0.828. The molecule has 0 saturated heterocycles. The number of nitrogens with zero attached hydrogens (tertiary/aromatic N) is 2. The number of nitro groups is 1. The van der Waals surface area contributed by atoms with Gasteiger partial charge in [0.15, 0.2) is 0 Å². The number of aryl methyl sites for hydroxylation is 1. The minimum Gasteiger partial charge on any atom is -0.367 e. The molecule has 7 heteroatoms. The van der Waals surface area contributed by atoms with E-state index in [0.717, 1.165) is 6.42 Å². The Balaban J connectivity index is 2.70. The number of nitrogens with one attached hydrogen (secondary N) is 1. The summed E-state index contributed by atoms with van der Waals surface area (Å²) in [6, 6.07) is 1.50. The van der Waals surface area contributed by atoms with Gasteiger partial charge in [0.2, 0.25) is 0 Å². The van der Waals surface area contributed by atoms with Crippen molar-refractivity contribution in [2.45, 2.75) is 26.3 Å². The molecule has 0 aliphatic carbocycles. The van der Waals surface area contributed by atoms with E-state index in [4.69, 9.17) is 0 Å². The van der Waals surface area contributed by atoms with Gasteiger partial charge in [-0.25, -0.2) is 4.98 Å². The van der Waals surface area contributed by atoms with E-state index in [1.54, 1.807) is 13.2 Å². The summed E-state index contributed by atoms with van der Waals surface area (Å²) in [4.78, 5) is 14.5. The molecule has 1 N–H and O–H groups in total. The molecule has 1 aromatic rings. The third-order valence-corrected chi connectivity index (χ3v) is 3.31. The van der Waals surface area contributed by atoms with E-state index in [-0.39, 0.29) is 11.7 Å². The zero-order valence-electron chi connectivity index (χ0n) is 10.7. The van der Waals surface area contributed by atoms with Crippen LogP contribution in [0.15, 0.2) is 12.3 Å². The second kappa shape index (κ2) is 6.44. The molecule has 0 aliphatic rings. The lowest BCUT2D eigenvalue weighted by atomic mass is 10.2. The average molecular weight is 271 g/mol. The van der Waals surface area contributed by atoms with Crippen molar-refractivity contribution in [1.29, 1.82) is 0 Å². The fourth-order valence-electron chi connectivity index (χ4n) is 1.46. The van der Waals surface area contributed by atoms with Gasteiger partial charge in [0.05, 0.1) is 11.0 Å². The van der Waals surface area contributed by atoms with Crippen LogP contribution in [-0.4, -0.2) is 32.2 Å². The van der Waals surface area contributed by atoms with Crippen molar-refractivity contribution in [3.05, 3.63) is 27.9 Å². The highest BCUT2D eigenvalue weighted by Crippen LogP contribution is 2.20. The molecule has 0 aliphatic heterocycles. The molecule has 6 nitrogen and oxygen atoms in total. The molecule has 2 atom stereocenters. The number of pyridine rings is 1. The van der Waals surface area contributed by atoms with Crippen molar-refractivity contribution >= 4 is 22.3 Å². The van der Waals surface area contributed by atoms with E-state index in [1.807, 2.05) is 6.92 Å². The molecule has 0 amide bonds. The summed E-state index contributed by atoms with van der Waals surface area (Å²) < 4.78 is 11.0. The standard InChI is InChI=1S/C11H17N3O3S/c1-8-7-12-11(6-10(8)14(15)16)13-9(2)4-5-18(3)17/h6-7,9H,4-5H2,1-3H3,(H,12,13). The highest BCUT2D eigenvalue weighted by molar-refractivity contribution is 7.84. The Morgan fingerprint density at radius 3 is 2.83 bits per heavy atom. The maximum atomic E-state index is 11.0. The van der Waals surface area contributed by atoms with Crippen LogP contribution in [0.2, 0.25) is 0 Å². The summed E-state index contributed by atoms with van der Waals surface area (Å²) in [6.07, 6.45) is 3.86. The third-order valence-electron chi connectivity index (χ3n) is 2.50. The summed E-state index contributed by atoms with van der Waals surface area (Å²) >= 11 is 0. The number of aromatic nitrogens is 1. The van der Waals surface area contributed by atoms with Crippen molar-refractivity contribution in [2.24, 2.45) is 0 Å². The molecule has 1 aromatic heterocycles. The first-order valence-electron chi connectivity index (χ1n) is 5.57. The fourth-order valence-corrected chi connectivity index (χ4v) is 2.14. The molecule has 1 heterocycles. The van der Waals surface area contributed by atoms with Gasteiger partial charge in [-0.3, -0.25) is 14.3 Å². The van der Waals surface area contributed by atoms with Crippen LogP contribution in [0.1, 0.15) is 18.9 Å². The van der Waals surface area contributed by atoms with Crippen molar-refractivity contribution in [2.75, 3.05) is 17.3 Å². The predicted octanol–water partition coefficient (Wildman–Crippen LogP) is 1.87. The van der Waals surface area contributed by atoms with E-state index in [9.17, 15) is 14.3 Å². The normalized spacial score (nSPS) is 13.9. The van der Waals surface area contributed by atoms with E-state index in [1.165, 1.54) is 12.3 Å². The van der Waals surface area contributed by atoms with Gasteiger partial charge in [-0.15, -0.1) is 0 Å². The Bertz CT molecular complexity index is 465. The molecule has 1 rings (SSSR count). The fraction of sp³-hybridized carbons (Fsp3) is 0.545. The van der Waals surface area contributed by atoms with Gasteiger partial charge in [0.1, 0.15) is 5.82 Å². The van der Waals surface area contributed by atoms with Crippen molar-refractivity contribution in [3.63, 3.8) is 0 Å². The van der Waals surface area contributed by atoms with Crippen LogP contribution in [0.25, 0.3) is 0 Å². The third kappa shape index (κ3) is 4.40. The Labute approximate surface area is 108 Å². The number of anilines is 1. The van der Waals surface area contributed by atoms with Crippen LogP contribution < -0.4 is 5.32 Å². The first-order chi connectivity index (χ1) is 8.40. The molecule has 18 heavy (non-hydrogen) atoms. The molecule has 0 radical (unpaired) electrons. The monoisotopic (exact) mass is 271 g/mol. The first kappa shape index (κ1) is 14.6. The highest BCUT2D eigenvalue weighted by Gasteiger charge is 2.13. The summed E-state index contributed by atoms with van der Waals surface area (Å²) in [6.45, 7) is 3.58. The van der Waals surface area contributed by atoms with Crippen molar-refractivity contribution < 1.29 is 9.13 Å². The van der Waals surface area contributed by atoms with Crippen LogP contribution in [0.3, 0.4) is 0 Å². The number of rotatable bonds is 6. The highest BCUT2D eigenvalue weighted by atomic mass is 32.2. The number of hydrogen-bond acceptors (Lipinski definition) is 5. The van der Waals surface area contributed by atoms with Gasteiger partial charge in [-0.2, -0.15) is 0 Å². The molecular formula is C11H17N3O3S. The van der Waals surface area contributed by atoms with Gasteiger partial charge in [-0.1, -0.05) is 0 Å². The molecule has 0 fully saturated rings. The van der Waals surface area contributed by atoms with Crippen molar-refractivity contribution in [1.82, 2.24) is 4.98 Å². The van der Waals surface area contributed by atoms with E-state index >= 15 is 0 Å². The lowest BCUT2D eigenvalue weighted by molar-refractivity contribution is -0.385. The second-order valence-corrected chi connectivity index (χ2v) is 5.78. The largest absolute Gasteiger partial charge is 0.367 e. The topological polar surface area (TPSA) is 85.1 Å². The van der Waals surface area contributed by atoms with Crippen LogP contribution >= 0.6 is 0 Å². The molecular weight excluding hydrogens is 254 g/mol. The van der Waals surface area contributed by atoms with Gasteiger partial charge in [0.25, 0.3) is 5.69 Å². The van der Waals surface area contributed by atoms with Gasteiger partial charge >= 0.3 is 0 Å². The molecule has 0 aromatic carbocycles. The van der Waals surface area contributed by atoms with Crippen LogP contribution in [0.5, 0.6) is 0 Å². The van der Waals surface area contributed by atoms with Gasteiger partial charge < -0.3 is 5.32 Å². The Morgan fingerprint density at radius 2 is 2.28 bits per heavy atom. The summed E-state index contributed by atoms with van der Waals surface area (Å²) in [7, 11) is -0.828. The van der Waals surface area contributed by atoms with Crippen LogP contribution in [0.4, 0.5) is 11.5 Å². The quantitative estimate of drug-likeness (QED) is 0.630. The van der Waals surface area contributed by atoms with E-state index < -0.39 is 15.7 Å². The Morgan fingerprint density at radius 1 is 1.61 bits per heavy atom. The molecule has 0 saturated carbocycles. The van der Waals surface area contributed by atoms with Gasteiger partial charge in [0, 0.05) is 40.6 Å². The zero-order valence-corrected chi connectivity index (χ0v) is 11.5. The van der Waals surface area contributed by atoms with Crippen molar-refractivity contribution in [3.8, 4) is 0 Å². The van der Waals surface area contributed by atoms with Crippen LogP contribution in [-0.2, 0) is 10.8 Å². The SMILES string of the molecule is Cc1cnc(NC(C)CCS(C)=O)cc1[N+](=O)[O-].